The zero-order valence-corrected chi connectivity index (χ0v) is 12.1. The van der Waals surface area contributed by atoms with Crippen LogP contribution in [0.25, 0.3) is 10.9 Å². The van der Waals surface area contributed by atoms with E-state index in [1.807, 2.05) is 36.4 Å². The van der Waals surface area contributed by atoms with Gasteiger partial charge in [0.15, 0.2) is 0 Å². The molecular formula is C14H9BrClN3. The van der Waals surface area contributed by atoms with Gasteiger partial charge in [0.1, 0.15) is 11.0 Å². The molecule has 2 heterocycles. The lowest BCUT2D eigenvalue weighted by molar-refractivity contribution is 1.30. The molecule has 0 unspecified atom stereocenters. The highest BCUT2D eigenvalue weighted by molar-refractivity contribution is 9.10. The summed E-state index contributed by atoms with van der Waals surface area (Å²) in [6, 6.07) is 13.4. The summed E-state index contributed by atoms with van der Waals surface area (Å²) in [4.78, 5) is 8.64. The van der Waals surface area contributed by atoms with Crippen LogP contribution in [0.2, 0.25) is 5.15 Å². The Hall–Kier alpha value is -1.65. The van der Waals surface area contributed by atoms with Crippen molar-refractivity contribution in [2.75, 3.05) is 5.32 Å². The van der Waals surface area contributed by atoms with E-state index in [-0.39, 0.29) is 0 Å². The first kappa shape index (κ1) is 12.4. The molecule has 3 aromatic rings. The minimum absolute atomic E-state index is 0.459. The third-order valence-electron chi connectivity index (χ3n) is 2.66. The summed E-state index contributed by atoms with van der Waals surface area (Å²) in [5.41, 5.74) is 1.80. The van der Waals surface area contributed by atoms with Crippen molar-refractivity contribution < 1.29 is 0 Å². The lowest BCUT2D eigenvalue weighted by atomic mass is 10.2. The van der Waals surface area contributed by atoms with Crippen LogP contribution in [0.5, 0.6) is 0 Å². The fraction of sp³-hybridized carbons (Fsp3) is 0. The van der Waals surface area contributed by atoms with Gasteiger partial charge in [-0.15, -0.1) is 0 Å². The van der Waals surface area contributed by atoms with Crippen molar-refractivity contribution in [1.82, 2.24) is 9.97 Å². The van der Waals surface area contributed by atoms with Crippen LogP contribution in [0.15, 0.2) is 53.1 Å². The van der Waals surface area contributed by atoms with Crippen molar-refractivity contribution in [1.29, 1.82) is 0 Å². The normalized spacial score (nSPS) is 10.6. The van der Waals surface area contributed by atoms with E-state index in [4.69, 9.17) is 11.6 Å². The number of benzene rings is 1. The summed E-state index contributed by atoms with van der Waals surface area (Å²) >= 11 is 9.30. The number of halogens is 2. The van der Waals surface area contributed by atoms with E-state index < -0.39 is 0 Å². The Morgan fingerprint density at radius 3 is 2.79 bits per heavy atom. The molecule has 1 N–H and O–H groups in total. The molecule has 0 bridgehead atoms. The van der Waals surface area contributed by atoms with Gasteiger partial charge in [-0.3, -0.25) is 4.98 Å². The first-order chi connectivity index (χ1) is 9.22. The van der Waals surface area contributed by atoms with Crippen LogP contribution in [0.3, 0.4) is 0 Å². The van der Waals surface area contributed by atoms with Gasteiger partial charge in [0, 0.05) is 16.1 Å². The van der Waals surface area contributed by atoms with Gasteiger partial charge in [-0.1, -0.05) is 29.8 Å². The maximum absolute atomic E-state index is 5.88. The molecule has 0 saturated carbocycles. The summed E-state index contributed by atoms with van der Waals surface area (Å²) in [5.74, 6) is 0.699. The highest BCUT2D eigenvalue weighted by atomic mass is 79.9. The second-order valence-electron chi connectivity index (χ2n) is 4.00. The average Bonchev–Trinajstić information content (AvgIpc) is 2.38. The van der Waals surface area contributed by atoms with E-state index in [1.54, 1.807) is 12.3 Å². The van der Waals surface area contributed by atoms with Crippen molar-refractivity contribution in [3.8, 4) is 0 Å². The molecule has 5 heteroatoms. The molecule has 0 amide bonds. The molecule has 0 saturated heterocycles. The number of anilines is 2. The lowest BCUT2D eigenvalue weighted by Crippen LogP contribution is -1.95. The maximum Gasteiger partial charge on any atom is 0.132 e. The number of fused-ring (bicyclic) bond motifs is 1. The number of para-hydroxylation sites is 1. The van der Waals surface area contributed by atoms with Gasteiger partial charge in [0.2, 0.25) is 0 Å². The fourth-order valence-electron chi connectivity index (χ4n) is 1.85. The molecule has 0 fully saturated rings. The van der Waals surface area contributed by atoms with E-state index in [1.165, 1.54) is 0 Å². The van der Waals surface area contributed by atoms with Gasteiger partial charge >= 0.3 is 0 Å². The summed E-state index contributed by atoms with van der Waals surface area (Å²) in [6.07, 6.45) is 1.78. The molecule has 2 aromatic heterocycles. The molecule has 0 spiro atoms. The van der Waals surface area contributed by atoms with Crippen LogP contribution in [0.1, 0.15) is 0 Å². The third kappa shape index (κ3) is 2.69. The minimum atomic E-state index is 0.459. The van der Waals surface area contributed by atoms with E-state index in [0.29, 0.717) is 11.0 Å². The van der Waals surface area contributed by atoms with E-state index in [0.717, 1.165) is 21.1 Å². The van der Waals surface area contributed by atoms with Crippen molar-refractivity contribution in [3.63, 3.8) is 0 Å². The van der Waals surface area contributed by atoms with Crippen molar-refractivity contribution in [2.24, 2.45) is 0 Å². The topological polar surface area (TPSA) is 37.8 Å². The molecule has 0 aliphatic rings. The van der Waals surface area contributed by atoms with Crippen LogP contribution in [-0.2, 0) is 0 Å². The second-order valence-corrected chi connectivity index (χ2v) is 5.30. The smallest absolute Gasteiger partial charge is 0.132 e. The van der Waals surface area contributed by atoms with Crippen LogP contribution in [0.4, 0.5) is 11.5 Å². The van der Waals surface area contributed by atoms with E-state index in [9.17, 15) is 0 Å². The predicted octanol–water partition coefficient (Wildman–Crippen LogP) is 4.79. The Morgan fingerprint density at radius 1 is 1.11 bits per heavy atom. The number of nitrogens with zero attached hydrogens (tertiary/aromatic N) is 2. The summed E-state index contributed by atoms with van der Waals surface area (Å²) in [7, 11) is 0. The number of hydrogen-bond acceptors (Lipinski definition) is 3. The molecule has 3 rings (SSSR count). The fourth-order valence-corrected chi connectivity index (χ4v) is 2.36. The number of hydrogen-bond donors (Lipinski definition) is 1. The monoisotopic (exact) mass is 333 g/mol. The number of nitrogens with one attached hydrogen (secondary N) is 1. The van der Waals surface area contributed by atoms with Crippen LogP contribution in [0, 0.1) is 0 Å². The summed E-state index contributed by atoms with van der Waals surface area (Å²) < 4.78 is 0.957. The van der Waals surface area contributed by atoms with Gasteiger partial charge in [-0.05, 0) is 40.2 Å². The predicted molar refractivity (Wildman–Crippen MR) is 82.0 cm³/mol. The van der Waals surface area contributed by atoms with Crippen LogP contribution >= 0.6 is 27.5 Å². The first-order valence-corrected chi connectivity index (χ1v) is 6.83. The SMILES string of the molecule is Clc1cccc(Nc2cccc3cc(Br)cnc23)n1. The number of rotatable bonds is 2. The summed E-state index contributed by atoms with van der Waals surface area (Å²) in [6.45, 7) is 0. The minimum Gasteiger partial charge on any atom is -0.338 e. The van der Waals surface area contributed by atoms with Crippen LogP contribution < -0.4 is 5.32 Å². The highest BCUT2D eigenvalue weighted by Crippen LogP contribution is 2.26. The maximum atomic E-state index is 5.88. The van der Waals surface area contributed by atoms with Gasteiger partial charge in [-0.2, -0.15) is 0 Å². The molecule has 1 aromatic carbocycles. The van der Waals surface area contributed by atoms with E-state index in [2.05, 4.69) is 31.2 Å². The highest BCUT2D eigenvalue weighted by Gasteiger charge is 2.04. The standard InChI is InChI=1S/C14H9BrClN3/c15-10-7-9-3-1-4-11(14(9)17-8-10)18-13-6-2-5-12(16)19-13/h1-8H,(H,18,19). The molecular weight excluding hydrogens is 326 g/mol. The Kier molecular flexibility index (Phi) is 3.36. The summed E-state index contributed by atoms with van der Waals surface area (Å²) in [5, 5.41) is 4.75. The van der Waals surface area contributed by atoms with Crippen molar-refractivity contribution in [2.45, 2.75) is 0 Å². The molecule has 0 aliphatic heterocycles. The molecule has 19 heavy (non-hydrogen) atoms. The van der Waals surface area contributed by atoms with Crippen molar-refractivity contribution >= 4 is 49.9 Å². The van der Waals surface area contributed by atoms with Gasteiger partial charge < -0.3 is 5.32 Å². The van der Waals surface area contributed by atoms with Crippen LogP contribution in [-0.4, -0.2) is 9.97 Å². The average molecular weight is 335 g/mol. The Bertz CT molecular complexity index is 746. The van der Waals surface area contributed by atoms with Gasteiger partial charge in [0.05, 0.1) is 11.2 Å². The molecule has 0 atom stereocenters. The van der Waals surface area contributed by atoms with Crippen molar-refractivity contribution in [3.05, 3.63) is 58.3 Å². The van der Waals surface area contributed by atoms with E-state index >= 15 is 0 Å². The molecule has 0 radical (unpaired) electrons. The molecule has 0 aliphatic carbocycles. The molecule has 94 valence electrons. The van der Waals surface area contributed by atoms with Gasteiger partial charge in [-0.25, -0.2) is 4.98 Å². The third-order valence-corrected chi connectivity index (χ3v) is 3.30. The van der Waals surface area contributed by atoms with Gasteiger partial charge in [0.25, 0.3) is 0 Å². The zero-order chi connectivity index (χ0) is 13.2. The molecule has 3 nitrogen and oxygen atoms in total. The largest absolute Gasteiger partial charge is 0.338 e. The quantitative estimate of drug-likeness (QED) is 0.685. The second kappa shape index (κ2) is 5.15. The zero-order valence-electron chi connectivity index (χ0n) is 9.77. The Labute approximate surface area is 123 Å². The lowest BCUT2D eigenvalue weighted by Gasteiger charge is -2.08. The number of pyridine rings is 2. The Morgan fingerprint density at radius 2 is 1.95 bits per heavy atom. The Balaban J connectivity index is 2.06. The number of aromatic nitrogens is 2. The first-order valence-electron chi connectivity index (χ1n) is 5.66.